The summed E-state index contributed by atoms with van der Waals surface area (Å²) in [6.07, 6.45) is 2.08. The van der Waals surface area contributed by atoms with Gasteiger partial charge in [0.15, 0.2) is 0 Å². The molecule has 0 saturated heterocycles. The van der Waals surface area contributed by atoms with Crippen molar-refractivity contribution in [3.63, 3.8) is 0 Å². The number of nitrogens with zero attached hydrogens (tertiary/aromatic N) is 1. The molecule has 3 N–H and O–H groups in total. The van der Waals surface area contributed by atoms with Gasteiger partial charge in [-0.2, -0.15) is 0 Å². The molecule has 0 amide bonds. The van der Waals surface area contributed by atoms with Gasteiger partial charge in [-0.15, -0.1) is 0 Å². The zero-order chi connectivity index (χ0) is 15.4. The van der Waals surface area contributed by atoms with Gasteiger partial charge in [-0.05, 0) is 43.1 Å². The summed E-state index contributed by atoms with van der Waals surface area (Å²) in [6, 6.07) is 5.41. The quantitative estimate of drug-likeness (QED) is 0.889. The highest BCUT2D eigenvalue weighted by Gasteiger charge is 2.17. The van der Waals surface area contributed by atoms with Crippen molar-refractivity contribution in [2.24, 2.45) is 0 Å². The number of nitrogens with one attached hydrogen (secondary N) is 1. The number of likely N-dealkylation sites (N-methyl/N-ethyl adjacent to an activating group) is 1. The minimum atomic E-state index is -0.576. The zero-order valence-electron chi connectivity index (χ0n) is 12.2. The molecule has 112 valence electrons. The Morgan fingerprint density at radius 1 is 1.29 bits per heavy atom. The van der Waals surface area contributed by atoms with Crippen LogP contribution in [0.5, 0.6) is 0 Å². The molecule has 1 aromatic heterocycles. The van der Waals surface area contributed by atoms with Crippen molar-refractivity contribution in [3.05, 3.63) is 58.8 Å². The Hall–Kier alpha value is -2.01. The Morgan fingerprint density at radius 3 is 2.71 bits per heavy atom. The van der Waals surface area contributed by atoms with E-state index in [0.717, 1.165) is 17.2 Å². The first kappa shape index (κ1) is 15.4. The first-order chi connectivity index (χ1) is 10.0. The van der Waals surface area contributed by atoms with E-state index in [1.54, 1.807) is 6.20 Å². The number of nitrogen functional groups attached to an aromatic ring is 1. The molecule has 21 heavy (non-hydrogen) atoms. The number of anilines is 1. The highest BCUT2D eigenvalue weighted by molar-refractivity contribution is 5.43. The number of pyridine rings is 1. The van der Waals surface area contributed by atoms with E-state index in [9.17, 15) is 8.78 Å². The van der Waals surface area contributed by atoms with Crippen LogP contribution in [0.15, 0.2) is 30.5 Å². The molecule has 1 unspecified atom stereocenters. The van der Waals surface area contributed by atoms with Gasteiger partial charge in [0.1, 0.15) is 17.5 Å². The molecular weight excluding hydrogens is 272 g/mol. The summed E-state index contributed by atoms with van der Waals surface area (Å²) in [7, 11) is 0. The Kier molecular flexibility index (Phi) is 4.85. The fourth-order valence-electron chi connectivity index (χ4n) is 2.33. The molecule has 1 atom stereocenters. The van der Waals surface area contributed by atoms with E-state index in [-0.39, 0.29) is 6.04 Å². The van der Waals surface area contributed by atoms with Gasteiger partial charge >= 0.3 is 0 Å². The van der Waals surface area contributed by atoms with Gasteiger partial charge in [-0.25, -0.2) is 13.8 Å². The lowest BCUT2D eigenvalue weighted by Gasteiger charge is -2.20. The highest BCUT2D eigenvalue weighted by Crippen LogP contribution is 2.24. The van der Waals surface area contributed by atoms with Crippen LogP contribution in [0.25, 0.3) is 0 Å². The van der Waals surface area contributed by atoms with Crippen molar-refractivity contribution in [1.82, 2.24) is 10.3 Å². The van der Waals surface area contributed by atoms with Crippen LogP contribution < -0.4 is 11.1 Å². The fourth-order valence-corrected chi connectivity index (χ4v) is 2.33. The predicted octanol–water partition coefficient (Wildman–Crippen LogP) is 3.14. The largest absolute Gasteiger partial charge is 0.383 e. The Morgan fingerprint density at radius 2 is 2.05 bits per heavy atom. The molecule has 0 spiro atoms. The van der Waals surface area contributed by atoms with Gasteiger partial charge in [0, 0.05) is 23.9 Å². The van der Waals surface area contributed by atoms with E-state index in [0.29, 0.717) is 24.3 Å². The van der Waals surface area contributed by atoms with Crippen LogP contribution in [0.2, 0.25) is 0 Å². The maximum absolute atomic E-state index is 13.8. The maximum Gasteiger partial charge on any atom is 0.129 e. The zero-order valence-corrected chi connectivity index (χ0v) is 12.2. The Labute approximate surface area is 123 Å². The summed E-state index contributed by atoms with van der Waals surface area (Å²) in [4.78, 5) is 4.14. The summed E-state index contributed by atoms with van der Waals surface area (Å²) in [6.45, 7) is 4.60. The van der Waals surface area contributed by atoms with E-state index in [1.165, 1.54) is 12.1 Å². The minimum absolute atomic E-state index is 0.164. The molecule has 0 fully saturated rings. The average Bonchev–Trinajstić information content (AvgIpc) is 2.44. The van der Waals surface area contributed by atoms with Crippen LogP contribution in [0.4, 0.5) is 14.6 Å². The van der Waals surface area contributed by atoms with E-state index in [1.807, 2.05) is 19.9 Å². The van der Waals surface area contributed by atoms with Crippen molar-refractivity contribution < 1.29 is 8.78 Å². The first-order valence-corrected chi connectivity index (χ1v) is 6.90. The second-order valence-corrected chi connectivity index (χ2v) is 5.04. The normalized spacial score (nSPS) is 12.4. The highest BCUT2D eigenvalue weighted by atomic mass is 19.1. The molecule has 0 aliphatic rings. The molecule has 5 heteroatoms. The fraction of sp³-hybridized carbons (Fsp3) is 0.312. The van der Waals surface area contributed by atoms with Crippen molar-refractivity contribution in [2.45, 2.75) is 26.3 Å². The molecule has 0 bridgehead atoms. The van der Waals surface area contributed by atoms with Gasteiger partial charge in [-0.3, -0.25) is 0 Å². The molecule has 0 radical (unpaired) electrons. The first-order valence-electron chi connectivity index (χ1n) is 6.90. The standard InChI is InChI=1S/C16H19F2N3/c1-3-20-15(13-6-10(2)9-21-16(13)19)7-11-4-5-12(17)8-14(11)18/h4-6,8-9,15,20H,3,7H2,1-2H3,(H2,19,21). The second-order valence-electron chi connectivity index (χ2n) is 5.04. The van der Waals surface area contributed by atoms with Crippen LogP contribution in [-0.4, -0.2) is 11.5 Å². The number of aromatic nitrogens is 1. The van der Waals surface area contributed by atoms with Crippen LogP contribution in [-0.2, 0) is 6.42 Å². The van der Waals surface area contributed by atoms with Gasteiger partial charge in [0.05, 0.1) is 0 Å². The maximum atomic E-state index is 13.8. The molecule has 2 rings (SSSR count). The lowest BCUT2D eigenvalue weighted by Crippen LogP contribution is -2.24. The number of nitrogens with two attached hydrogens (primary N) is 1. The lowest BCUT2D eigenvalue weighted by atomic mass is 9.98. The van der Waals surface area contributed by atoms with E-state index in [4.69, 9.17) is 5.73 Å². The number of hydrogen-bond donors (Lipinski definition) is 2. The molecule has 1 aromatic carbocycles. The molecule has 2 aromatic rings. The van der Waals surface area contributed by atoms with Gasteiger partial charge in [0.2, 0.25) is 0 Å². The average molecular weight is 291 g/mol. The summed E-state index contributed by atoms with van der Waals surface area (Å²) >= 11 is 0. The number of hydrogen-bond acceptors (Lipinski definition) is 3. The van der Waals surface area contributed by atoms with E-state index >= 15 is 0 Å². The molecule has 0 aliphatic heterocycles. The molecule has 1 heterocycles. The van der Waals surface area contributed by atoms with Crippen molar-refractivity contribution >= 4 is 5.82 Å². The van der Waals surface area contributed by atoms with Gasteiger partial charge < -0.3 is 11.1 Å². The SMILES string of the molecule is CCNC(Cc1ccc(F)cc1F)c1cc(C)cnc1N. The summed E-state index contributed by atoms with van der Waals surface area (Å²) < 4.78 is 26.8. The molecule has 3 nitrogen and oxygen atoms in total. The predicted molar refractivity (Wildman–Crippen MR) is 79.9 cm³/mol. The molecular formula is C16H19F2N3. The van der Waals surface area contributed by atoms with Crippen molar-refractivity contribution in [3.8, 4) is 0 Å². The second kappa shape index (κ2) is 6.63. The number of benzene rings is 1. The van der Waals surface area contributed by atoms with Crippen LogP contribution in [0.3, 0.4) is 0 Å². The summed E-state index contributed by atoms with van der Waals surface area (Å²) in [5, 5.41) is 3.28. The lowest BCUT2D eigenvalue weighted by molar-refractivity contribution is 0.521. The van der Waals surface area contributed by atoms with E-state index < -0.39 is 11.6 Å². The topological polar surface area (TPSA) is 50.9 Å². The third-order valence-corrected chi connectivity index (χ3v) is 3.35. The van der Waals surface area contributed by atoms with Gasteiger partial charge in [-0.1, -0.05) is 13.0 Å². The third-order valence-electron chi connectivity index (χ3n) is 3.35. The van der Waals surface area contributed by atoms with E-state index in [2.05, 4.69) is 10.3 Å². The number of aryl methyl sites for hydroxylation is 1. The van der Waals surface area contributed by atoms with Crippen LogP contribution in [0, 0.1) is 18.6 Å². The van der Waals surface area contributed by atoms with Crippen molar-refractivity contribution in [2.75, 3.05) is 12.3 Å². The Balaban J connectivity index is 2.32. The Bertz CT molecular complexity index is 629. The third kappa shape index (κ3) is 3.76. The molecule has 0 aliphatic carbocycles. The minimum Gasteiger partial charge on any atom is -0.383 e. The number of halogens is 2. The monoisotopic (exact) mass is 291 g/mol. The smallest absolute Gasteiger partial charge is 0.129 e. The number of rotatable bonds is 5. The summed E-state index contributed by atoms with van der Waals surface area (Å²) in [5.74, 6) is -0.695. The molecule has 0 saturated carbocycles. The van der Waals surface area contributed by atoms with Gasteiger partial charge in [0.25, 0.3) is 0 Å². The van der Waals surface area contributed by atoms with Crippen molar-refractivity contribution in [1.29, 1.82) is 0 Å². The van der Waals surface area contributed by atoms with Crippen LogP contribution >= 0.6 is 0 Å². The van der Waals surface area contributed by atoms with Crippen LogP contribution in [0.1, 0.15) is 29.7 Å². The summed E-state index contributed by atoms with van der Waals surface area (Å²) in [5.41, 5.74) is 8.20.